The van der Waals surface area contributed by atoms with E-state index in [4.69, 9.17) is 4.42 Å². The van der Waals surface area contributed by atoms with Gasteiger partial charge in [0.05, 0.1) is 19.4 Å². The smallest absolute Gasteiger partial charge is 0.218 e. The van der Waals surface area contributed by atoms with Crippen molar-refractivity contribution < 1.29 is 4.42 Å². The molecule has 0 unspecified atom stereocenters. The largest absolute Gasteiger partial charge is 0.334 e. The van der Waals surface area contributed by atoms with Crippen LogP contribution in [-0.4, -0.2) is 0 Å². The summed E-state index contributed by atoms with van der Waals surface area (Å²) in [5.74, 6) is 2.05. The van der Waals surface area contributed by atoms with Crippen molar-refractivity contribution >= 4 is 0 Å². The van der Waals surface area contributed by atoms with Gasteiger partial charge in [0, 0.05) is 6.07 Å². The van der Waals surface area contributed by atoms with Crippen LogP contribution in [-0.2, 0) is 12.8 Å². The third kappa shape index (κ3) is 1.35. The van der Waals surface area contributed by atoms with Gasteiger partial charge < -0.3 is 0 Å². The van der Waals surface area contributed by atoms with Crippen LogP contribution >= 0.6 is 0 Å². The lowest BCUT2D eigenvalue weighted by molar-refractivity contribution is 0.485. The van der Waals surface area contributed by atoms with Crippen LogP contribution in [0, 0.1) is 13.8 Å². The van der Waals surface area contributed by atoms with Crippen molar-refractivity contribution in [2.24, 2.45) is 0 Å². The standard InChI is InChI=1S/C15H15O/c1-10-9-13-8-7-12-5-3-4-6-14(12)15(13)11(2)16-10/h3-6,9H,7-8H2,1-2H3/q+1. The first kappa shape index (κ1) is 9.59. The number of fused-ring (bicyclic) bond motifs is 3. The normalized spacial score (nSPS) is 13.1. The summed E-state index contributed by atoms with van der Waals surface area (Å²) in [4.78, 5) is 0. The second-order valence-electron chi connectivity index (χ2n) is 4.47. The van der Waals surface area contributed by atoms with Gasteiger partial charge in [-0.15, -0.1) is 0 Å². The highest BCUT2D eigenvalue weighted by atomic mass is 16.3. The zero-order chi connectivity index (χ0) is 11.1. The van der Waals surface area contributed by atoms with Crippen molar-refractivity contribution in [2.75, 3.05) is 0 Å². The summed E-state index contributed by atoms with van der Waals surface area (Å²) in [6.07, 6.45) is 2.27. The van der Waals surface area contributed by atoms with Crippen molar-refractivity contribution in [3.05, 3.63) is 53.0 Å². The fourth-order valence-electron chi connectivity index (χ4n) is 2.68. The third-order valence-corrected chi connectivity index (χ3v) is 3.32. The Morgan fingerprint density at radius 3 is 2.62 bits per heavy atom. The Morgan fingerprint density at radius 2 is 1.75 bits per heavy atom. The highest BCUT2D eigenvalue weighted by molar-refractivity contribution is 5.74. The van der Waals surface area contributed by atoms with E-state index in [-0.39, 0.29) is 0 Å². The van der Waals surface area contributed by atoms with E-state index < -0.39 is 0 Å². The third-order valence-electron chi connectivity index (χ3n) is 3.32. The van der Waals surface area contributed by atoms with Gasteiger partial charge in [0.1, 0.15) is 0 Å². The molecule has 1 aliphatic carbocycles. The predicted octanol–water partition coefficient (Wildman–Crippen LogP) is 3.94. The SMILES string of the molecule is Cc1cc2c(c(C)[o+]1)-c1ccccc1CC2. The van der Waals surface area contributed by atoms with Crippen LogP contribution in [0.15, 0.2) is 34.7 Å². The van der Waals surface area contributed by atoms with Gasteiger partial charge in [-0.05, 0) is 29.5 Å². The van der Waals surface area contributed by atoms with Gasteiger partial charge in [0.2, 0.25) is 0 Å². The first-order chi connectivity index (χ1) is 7.75. The molecule has 0 saturated carbocycles. The van der Waals surface area contributed by atoms with E-state index in [1.807, 2.05) is 6.92 Å². The molecule has 16 heavy (non-hydrogen) atoms. The number of hydrogen-bond acceptors (Lipinski definition) is 0. The zero-order valence-electron chi connectivity index (χ0n) is 9.71. The second kappa shape index (κ2) is 3.44. The Labute approximate surface area is 95.7 Å². The van der Waals surface area contributed by atoms with E-state index in [2.05, 4.69) is 37.3 Å². The van der Waals surface area contributed by atoms with Gasteiger partial charge in [-0.25, -0.2) is 4.42 Å². The van der Waals surface area contributed by atoms with Gasteiger partial charge >= 0.3 is 11.5 Å². The molecule has 80 valence electrons. The molecule has 0 spiro atoms. The van der Waals surface area contributed by atoms with E-state index in [1.54, 1.807) is 0 Å². The van der Waals surface area contributed by atoms with Gasteiger partial charge in [0.25, 0.3) is 0 Å². The molecule has 0 fully saturated rings. The number of aryl methyl sites for hydroxylation is 4. The Kier molecular flexibility index (Phi) is 2.06. The highest BCUT2D eigenvalue weighted by Gasteiger charge is 2.24. The summed E-state index contributed by atoms with van der Waals surface area (Å²) in [6.45, 7) is 4.09. The van der Waals surface area contributed by atoms with Gasteiger partial charge in [0.15, 0.2) is 0 Å². The first-order valence-corrected chi connectivity index (χ1v) is 5.77. The predicted molar refractivity (Wildman–Crippen MR) is 65.4 cm³/mol. The minimum absolute atomic E-state index is 1.01. The molecule has 2 aromatic rings. The Balaban J connectivity index is 2.32. The molecule has 0 atom stereocenters. The maximum Gasteiger partial charge on any atom is 0.334 e. The number of benzene rings is 1. The van der Waals surface area contributed by atoms with Crippen LogP contribution in [0.2, 0.25) is 0 Å². The van der Waals surface area contributed by atoms with Crippen molar-refractivity contribution in [3.63, 3.8) is 0 Å². The minimum Gasteiger partial charge on any atom is -0.218 e. The van der Waals surface area contributed by atoms with Crippen molar-refractivity contribution in [1.82, 2.24) is 0 Å². The topological polar surface area (TPSA) is 11.3 Å². The molecule has 0 N–H and O–H groups in total. The lowest BCUT2D eigenvalue weighted by Crippen LogP contribution is -2.05. The zero-order valence-corrected chi connectivity index (χ0v) is 9.71. The lowest BCUT2D eigenvalue weighted by Gasteiger charge is -2.17. The molecule has 1 aromatic carbocycles. The minimum atomic E-state index is 1.01. The monoisotopic (exact) mass is 211 g/mol. The van der Waals surface area contributed by atoms with Crippen LogP contribution < -0.4 is 0 Å². The average Bonchev–Trinajstić information content (AvgIpc) is 2.28. The summed E-state index contributed by atoms with van der Waals surface area (Å²) >= 11 is 0. The van der Waals surface area contributed by atoms with Gasteiger partial charge in [-0.2, -0.15) is 0 Å². The fraction of sp³-hybridized carbons (Fsp3) is 0.267. The quantitative estimate of drug-likeness (QED) is 0.601. The van der Waals surface area contributed by atoms with E-state index >= 15 is 0 Å². The molecular weight excluding hydrogens is 196 g/mol. The summed E-state index contributed by atoms with van der Waals surface area (Å²) in [7, 11) is 0. The summed E-state index contributed by atoms with van der Waals surface area (Å²) in [5.41, 5.74) is 5.54. The molecule has 1 heterocycles. The Morgan fingerprint density at radius 1 is 1.00 bits per heavy atom. The molecule has 1 aliphatic rings. The lowest BCUT2D eigenvalue weighted by atomic mass is 9.85. The van der Waals surface area contributed by atoms with E-state index in [9.17, 15) is 0 Å². The molecule has 1 nitrogen and oxygen atoms in total. The summed E-state index contributed by atoms with van der Waals surface area (Å²) in [5, 5.41) is 0. The second-order valence-corrected chi connectivity index (χ2v) is 4.47. The molecule has 0 aliphatic heterocycles. The van der Waals surface area contributed by atoms with E-state index in [1.165, 1.54) is 22.3 Å². The van der Waals surface area contributed by atoms with Crippen LogP contribution in [0.3, 0.4) is 0 Å². The Hall–Kier alpha value is -1.63. The van der Waals surface area contributed by atoms with E-state index in [0.29, 0.717) is 0 Å². The van der Waals surface area contributed by atoms with Crippen molar-refractivity contribution in [2.45, 2.75) is 26.7 Å². The maximum absolute atomic E-state index is 5.73. The maximum atomic E-state index is 5.73. The Bertz CT molecular complexity index is 555. The summed E-state index contributed by atoms with van der Waals surface area (Å²) in [6, 6.07) is 10.8. The number of hydrogen-bond donors (Lipinski definition) is 0. The summed E-state index contributed by atoms with van der Waals surface area (Å²) < 4.78 is 5.73. The van der Waals surface area contributed by atoms with E-state index in [0.717, 1.165) is 24.4 Å². The molecule has 0 amide bonds. The fourth-order valence-corrected chi connectivity index (χ4v) is 2.68. The van der Waals surface area contributed by atoms with Crippen LogP contribution in [0.1, 0.15) is 22.6 Å². The highest BCUT2D eigenvalue weighted by Crippen LogP contribution is 2.36. The molecule has 1 heteroatoms. The molecular formula is C15H15O+. The van der Waals surface area contributed by atoms with Gasteiger partial charge in [-0.3, -0.25) is 0 Å². The molecule has 0 radical (unpaired) electrons. The number of rotatable bonds is 0. The molecule has 0 saturated heterocycles. The average molecular weight is 211 g/mol. The van der Waals surface area contributed by atoms with Crippen molar-refractivity contribution in [3.8, 4) is 11.1 Å². The molecule has 1 aromatic heterocycles. The molecule has 3 rings (SSSR count). The van der Waals surface area contributed by atoms with Gasteiger partial charge in [-0.1, -0.05) is 24.3 Å². The first-order valence-electron chi connectivity index (χ1n) is 5.77. The van der Waals surface area contributed by atoms with Crippen LogP contribution in [0.25, 0.3) is 11.1 Å². The van der Waals surface area contributed by atoms with Crippen LogP contribution in [0.4, 0.5) is 0 Å². The van der Waals surface area contributed by atoms with Crippen LogP contribution in [0.5, 0.6) is 0 Å². The molecule has 0 bridgehead atoms. The van der Waals surface area contributed by atoms with Crippen molar-refractivity contribution in [1.29, 1.82) is 0 Å².